The SMILES string of the molecule is CO[C@@H]1O[C@@H]([C@H](O)CO)[C@@H](OCc2ccccc2)[C@H]1O. The van der Waals surface area contributed by atoms with Gasteiger partial charge in [-0.3, -0.25) is 0 Å². The van der Waals surface area contributed by atoms with Crippen LogP contribution in [0, 0.1) is 0 Å². The first-order chi connectivity index (χ1) is 9.67. The van der Waals surface area contributed by atoms with Crippen molar-refractivity contribution in [3.05, 3.63) is 35.9 Å². The summed E-state index contributed by atoms with van der Waals surface area (Å²) in [5.41, 5.74) is 0.942. The second-order valence-electron chi connectivity index (χ2n) is 4.71. The lowest BCUT2D eigenvalue weighted by Crippen LogP contribution is -2.42. The van der Waals surface area contributed by atoms with Crippen LogP contribution in [0.25, 0.3) is 0 Å². The maximum absolute atomic E-state index is 10.1. The van der Waals surface area contributed by atoms with Crippen molar-refractivity contribution in [2.75, 3.05) is 13.7 Å². The van der Waals surface area contributed by atoms with Gasteiger partial charge in [-0.2, -0.15) is 0 Å². The monoisotopic (exact) mass is 284 g/mol. The van der Waals surface area contributed by atoms with Crippen molar-refractivity contribution in [2.24, 2.45) is 0 Å². The number of aliphatic hydroxyl groups is 3. The average molecular weight is 284 g/mol. The first kappa shape index (κ1) is 15.4. The molecule has 0 unspecified atom stereocenters. The van der Waals surface area contributed by atoms with Crippen LogP contribution in [0.1, 0.15) is 5.56 Å². The van der Waals surface area contributed by atoms with Crippen molar-refractivity contribution in [3.8, 4) is 0 Å². The van der Waals surface area contributed by atoms with Crippen LogP contribution in [-0.2, 0) is 20.8 Å². The highest BCUT2D eigenvalue weighted by Gasteiger charge is 2.47. The van der Waals surface area contributed by atoms with Gasteiger partial charge in [-0.05, 0) is 5.56 Å². The molecule has 5 atom stereocenters. The lowest BCUT2D eigenvalue weighted by atomic mass is 10.1. The second kappa shape index (κ2) is 7.12. The Labute approximate surface area is 117 Å². The Morgan fingerprint density at radius 3 is 2.60 bits per heavy atom. The normalized spacial score (nSPS) is 31.4. The fourth-order valence-electron chi connectivity index (χ4n) is 2.23. The Hall–Kier alpha value is -1.02. The first-order valence-electron chi connectivity index (χ1n) is 6.48. The molecule has 1 aromatic carbocycles. The molecule has 0 saturated carbocycles. The van der Waals surface area contributed by atoms with Crippen molar-refractivity contribution in [1.29, 1.82) is 0 Å². The Bertz CT molecular complexity index is 398. The highest BCUT2D eigenvalue weighted by molar-refractivity contribution is 5.13. The Kier molecular flexibility index (Phi) is 5.47. The smallest absolute Gasteiger partial charge is 0.186 e. The van der Waals surface area contributed by atoms with Crippen LogP contribution < -0.4 is 0 Å². The number of rotatable bonds is 6. The quantitative estimate of drug-likeness (QED) is 0.662. The number of benzene rings is 1. The van der Waals surface area contributed by atoms with Crippen molar-refractivity contribution in [1.82, 2.24) is 0 Å². The summed E-state index contributed by atoms with van der Waals surface area (Å²) in [6.45, 7) is -0.198. The summed E-state index contributed by atoms with van der Waals surface area (Å²) < 4.78 is 16.0. The molecule has 0 aliphatic carbocycles. The largest absolute Gasteiger partial charge is 0.394 e. The van der Waals surface area contributed by atoms with Gasteiger partial charge in [0.2, 0.25) is 0 Å². The standard InChI is InChI=1S/C14H20O6/c1-18-14-11(17)13(12(20-14)10(16)7-15)19-8-9-5-3-2-4-6-9/h2-6,10-17H,7-8H2,1H3/t10-,11-,12+,13+,14-/m1/s1. The second-order valence-corrected chi connectivity index (χ2v) is 4.71. The molecule has 20 heavy (non-hydrogen) atoms. The molecular weight excluding hydrogens is 264 g/mol. The first-order valence-corrected chi connectivity index (χ1v) is 6.48. The zero-order valence-electron chi connectivity index (χ0n) is 11.3. The van der Waals surface area contributed by atoms with Crippen LogP contribution in [0.3, 0.4) is 0 Å². The van der Waals surface area contributed by atoms with Crippen molar-refractivity contribution in [2.45, 2.75) is 37.3 Å². The third kappa shape index (κ3) is 3.35. The van der Waals surface area contributed by atoms with E-state index < -0.39 is 37.3 Å². The summed E-state index contributed by atoms with van der Waals surface area (Å²) in [6, 6.07) is 9.47. The lowest BCUT2D eigenvalue weighted by molar-refractivity contribution is -0.167. The van der Waals surface area contributed by atoms with Gasteiger partial charge >= 0.3 is 0 Å². The van der Waals surface area contributed by atoms with E-state index in [-0.39, 0.29) is 6.61 Å². The van der Waals surface area contributed by atoms with E-state index in [1.165, 1.54) is 7.11 Å². The molecular formula is C14H20O6. The molecule has 1 heterocycles. The van der Waals surface area contributed by atoms with E-state index in [0.717, 1.165) is 5.56 Å². The average Bonchev–Trinajstić information content (AvgIpc) is 2.81. The Morgan fingerprint density at radius 1 is 1.30 bits per heavy atom. The highest BCUT2D eigenvalue weighted by atomic mass is 16.7. The number of ether oxygens (including phenoxy) is 3. The van der Waals surface area contributed by atoms with Crippen molar-refractivity contribution < 1.29 is 29.5 Å². The molecule has 1 aliphatic heterocycles. The van der Waals surface area contributed by atoms with E-state index in [1.807, 2.05) is 30.3 Å². The van der Waals surface area contributed by atoms with E-state index in [0.29, 0.717) is 0 Å². The molecule has 2 rings (SSSR count). The van der Waals surface area contributed by atoms with Crippen LogP contribution in [0.15, 0.2) is 30.3 Å². The van der Waals surface area contributed by atoms with Gasteiger partial charge in [0.1, 0.15) is 24.4 Å². The van der Waals surface area contributed by atoms with E-state index in [4.69, 9.17) is 19.3 Å². The molecule has 6 nitrogen and oxygen atoms in total. The van der Waals surface area contributed by atoms with Crippen LogP contribution >= 0.6 is 0 Å². The number of aliphatic hydroxyl groups excluding tert-OH is 3. The van der Waals surface area contributed by atoms with Gasteiger partial charge in [-0.25, -0.2) is 0 Å². The molecule has 0 bridgehead atoms. The van der Waals surface area contributed by atoms with Crippen LogP contribution in [0.2, 0.25) is 0 Å². The topological polar surface area (TPSA) is 88.4 Å². The molecule has 6 heteroatoms. The summed E-state index contributed by atoms with van der Waals surface area (Å²) in [5, 5.41) is 28.8. The lowest BCUT2D eigenvalue weighted by Gasteiger charge is -2.23. The summed E-state index contributed by atoms with van der Waals surface area (Å²) >= 11 is 0. The van der Waals surface area contributed by atoms with Crippen LogP contribution in [0.5, 0.6) is 0 Å². The zero-order chi connectivity index (χ0) is 14.5. The van der Waals surface area contributed by atoms with Gasteiger partial charge in [0.25, 0.3) is 0 Å². The van der Waals surface area contributed by atoms with E-state index in [2.05, 4.69) is 0 Å². The minimum absolute atomic E-state index is 0.275. The molecule has 112 valence electrons. The Balaban J connectivity index is 2.02. The van der Waals surface area contributed by atoms with Gasteiger partial charge in [0, 0.05) is 7.11 Å². The van der Waals surface area contributed by atoms with E-state index in [9.17, 15) is 10.2 Å². The molecule has 1 aromatic rings. The van der Waals surface area contributed by atoms with Gasteiger partial charge in [-0.1, -0.05) is 30.3 Å². The van der Waals surface area contributed by atoms with E-state index in [1.54, 1.807) is 0 Å². The third-order valence-electron chi connectivity index (χ3n) is 3.31. The summed E-state index contributed by atoms with van der Waals surface area (Å²) in [7, 11) is 1.40. The minimum Gasteiger partial charge on any atom is -0.394 e. The highest BCUT2D eigenvalue weighted by Crippen LogP contribution is 2.27. The van der Waals surface area contributed by atoms with Gasteiger partial charge in [0.05, 0.1) is 13.2 Å². The van der Waals surface area contributed by atoms with Crippen molar-refractivity contribution >= 4 is 0 Å². The predicted molar refractivity (Wildman–Crippen MR) is 69.8 cm³/mol. The van der Waals surface area contributed by atoms with Gasteiger partial charge < -0.3 is 29.5 Å². The zero-order valence-corrected chi connectivity index (χ0v) is 11.3. The molecule has 0 spiro atoms. The van der Waals surface area contributed by atoms with E-state index >= 15 is 0 Å². The molecule has 0 radical (unpaired) electrons. The third-order valence-corrected chi connectivity index (χ3v) is 3.31. The number of hydrogen-bond donors (Lipinski definition) is 3. The molecule has 1 fully saturated rings. The van der Waals surface area contributed by atoms with Crippen LogP contribution in [-0.4, -0.2) is 59.7 Å². The molecule has 1 saturated heterocycles. The number of hydrogen-bond acceptors (Lipinski definition) is 6. The molecule has 1 aliphatic rings. The van der Waals surface area contributed by atoms with Gasteiger partial charge in [0.15, 0.2) is 6.29 Å². The summed E-state index contributed by atoms with van der Waals surface area (Å²) in [5.74, 6) is 0. The summed E-state index contributed by atoms with van der Waals surface area (Å²) in [6.07, 6.45) is -4.62. The molecule has 0 amide bonds. The minimum atomic E-state index is -1.13. The maximum Gasteiger partial charge on any atom is 0.186 e. The van der Waals surface area contributed by atoms with Crippen molar-refractivity contribution in [3.63, 3.8) is 0 Å². The molecule has 0 aromatic heterocycles. The van der Waals surface area contributed by atoms with Crippen LogP contribution in [0.4, 0.5) is 0 Å². The fourth-order valence-corrected chi connectivity index (χ4v) is 2.23. The Morgan fingerprint density at radius 2 is 2.00 bits per heavy atom. The molecule has 3 N–H and O–H groups in total. The maximum atomic E-state index is 10.1. The fraction of sp³-hybridized carbons (Fsp3) is 0.571. The summed E-state index contributed by atoms with van der Waals surface area (Å²) in [4.78, 5) is 0. The van der Waals surface area contributed by atoms with Gasteiger partial charge in [-0.15, -0.1) is 0 Å². The predicted octanol–water partition coefficient (Wildman–Crippen LogP) is -0.343. The number of methoxy groups -OCH3 is 1.